The maximum Gasteiger partial charge on any atom is 0.431 e. The molecule has 1 nitrogen and oxygen atoms in total. The van der Waals surface area contributed by atoms with Gasteiger partial charge in [0.05, 0.1) is 0 Å². The van der Waals surface area contributed by atoms with Crippen LogP contribution in [0.3, 0.4) is 0 Å². The number of fused-ring (bicyclic) bond motifs is 1. The molecule has 1 aromatic heterocycles. The summed E-state index contributed by atoms with van der Waals surface area (Å²) in [4.78, 5) is 2.23. The van der Waals surface area contributed by atoms with Gasteiger partial charge in [0.25, 0.3) is 0 Å². The van der Waals surface area contributed by atoms with Crippen molar-refractivity contribution in [3.8, 4) is 0 Å². The predicted molar refractivity (Wildman–Crippen MR) is 43.3 cm³/mol. The standard InChI is InChI=1S/C9H6F3N/c10-9(11,12)8-7-4-2-1-3-6(7)5-13-8/h1-5,13H. The summed E-state index contributed by atoms with van der Waals surface area (Å²) in [5, 5.41) is 0.796. The van der Waals surface area contributed by atoms with Gasteiger partial charge >= 0.3 is 6.18 Å². The fourth-order valence-electron chi connectivity index (χ4n) is 1.31. The van der Waals surface area contributed by atoms with E-state index in [2.05, 4.69) is 4.98 Å². The summed E-state index contributed by atoms with van der Waals surface area (Å²) in [5.74, 6) is 0. The number of nitrogens with one attached hydrogen (secondary N) is 1. The summed E-state index contributed by atoms with van der Waals surface area (Å²) in [6, 6.07) is 6.39. The molecule has 1 aromatic carbocycles. The van der Waals surface area contributed by atoms with Gasteiger partial charge in [-0.2, -0.15) is 13.2 Å². The fraction of sp³-hybridized carbons (Fsp3) is 0.111. The van der Waals surface area contributed by atoms with Gasteiger partial charge in [-0.25, -0.2) is 0 Å². The third-order valence-electron chi connectivity index (χ3n) is 1.89. The molecular weight excluding hydrogens is 179 g/mol. The van der Waals surface area contributed by atoms with Crippen LogP contribution in [0.15, 0.2) is 30.5 Å². The van der Waals surface area contributed by atoms with Gasteiger partial charge in [0.15, 0.2) is 0 Å². The number of hydrogen-bond donors (Lipinski definition) is 1. The number of benzene rings is 1. The number of alkyl halides is 3. The lowest BCUT2D eigenvalue weighted by molar-refractivity contribution is -0.139. The van der Waals surface area contributed by atoms with E-state index in [1.807, 2.05) is 0 Å². The van der Waals surface area contributed by atoms with Gasteiger partial charge in [0.2, 0.25) is 0 Å². The summed E-state index contributed by atoms with van der Waals surface area (Å²) >= 11 is 0. The van der Waals surface area contributed by atoms with Crippen LogP contribution in [0.5, 0.6) is 0 Å². The summed E-state index contributed by atoms with van der Waals surface area (Å²) in [6.07, 6.45) is -2.94. The Bertz CT molecular complexity index is 428. The minimum atomic E-state index is -4.30. The normalized spacial score (nSPS) is 12.2. The van der Waals surface area contributed by atoms with Crippen LogP contribution in [0, 0.1) is 0 Å². The Balaban J connectivity index is 2.72. The SMILES string of the molecule is FC(F)(F)c1[nH]cc2ccccc12. The van der Waals surface area contributed by atoms with E-state index in [0.717, 1.165) is 0 Å². The maximum atomic E-state index is 12.3. The predicted octanol–water partition coefficient (Wildman–Crippen LogP) is 3.19. The van der Waals surface area contributed by atoms with Crippen molar-refractivity contribution in [3.05, 3.63) is 36.2 Å². The first-order valence-corrected chi connectivity index (χ1v) is 3.72. The fourth-order valence-corrected chi connectivity index (χ4v) is 1.31. The van der Waals surface area contributed by atoms with E-state index in [9.17, 15) is 13.2 Å². The molecule has 0 radical (unpaired) electrons. The van der Waals surface area contributed by atoms with Crippen molar-refractivity contribution < 1.29 is 13.2 Å². The van der Waals surface area contributed by atoms with Crippen molar-refractivity contribution in [2.24, 2.45) is 0 Å². The van der Waals surface area contributed by atoms with Gasteiger partial charge in [-0.15, -0.1) is 0 Å². The van der Waals surface area contributed by atoms with Crippen molar-refractivity contribution in [3.63, 3.8) is 0 Å². The summed E-state index contributed by atoms with van der Waals surface area (Å²) in [7, 11) is 0. The highest BCUT2D eigenvalue weighted by molar-refractivity contribution is 5.85. The molecule has 13 heavy (non-hydrogen) atoms. The van der Waals surface area contributed by atoms with Crippen LogP contribution in [0.2, 0.25) is 0 Å². The van der Waals surface area contributed by atoms with Crippen LogP contribution < -0.4 is 0 Å². The molecule has 1 N–H and O–H groups in total. The maximum absolute atomic E-state index is 12.3. The van der Waals surface area contributed by atoms with E-state index in [0.29, 0.717) is 5.39 Å². The highest BCUT2D eigenvalue weighted by atomic mass is 19.4. The van der Waals surface area contributed by atoms with Crippen LogP contribution in [-0.2, 0) is 6.18 Å². The number of rotatable bonds is 0. The van der Waals surface area contributed by atoms with Crippen molar-refractivity contribution >= 4 is 10.8 Å². The Morgan fingerprint density at radius 2 is 1.77 bits per heavy atom. The molecule has 0 aliphatic carbocycles. The van der Waals surface area contributed by atoms with Gasteiger partial charge in [-0.05, 0) is 5.39 Å². The second kappa shape index (κ2) is 2.52. The monoisotopic (exact) mass is 185 g/mol. The number of aromatic amines is 1. The zero-order valence-electron chi connectivity index (χ0n) is 6.52. The molecule has 0 atom stereocenters. The zero-order chi connectivity index (χ0) is 9.47. The molecule has 0 unspecified atom stereocenters. The minimum absolute atomic E-state index is 0.218. The van der Waals surface area contributed by atoms with Crippen LogP contribution in [-0.4, -0.2) is 4.98 Å². The smallest absolute Gasteiger partial charge is 0.357 e. The van der Waals surface area contributed by atoms with E-state index in [4.69, 9.17) is 0 Å². The van der Waals surface area contributed by atoms with Gasteiger partial charge in [-0.3, -0.25) is 0 Å². The Hall–Kier alpha value is -1.45. The summed E-state index contributed by atoms with van der Waals surface area (Å²) in [6.45, 7) is 0. The quantitative estimate of drug-likeness (QED) is 0.648. The van der Waals surface area contributed by atoms with Crippen molar-refractivity contribution in [2.45, 2.75) is 6.18 Å². The Morgan fingerprint density at radius 1 is 1.08 bits per heavy atom. The van der Waals surface area contributed by atoms with Gasteiger partial charge in [0, 0.05) is 11.6 Å². The van der Waals surface area contributed by atoms with E-state index >= 15 is 0 Å². The lowest BCUT2D eigenvalue weighted by atomic mass is 10.2. The van der Waals surface area contributed by atoms with Gasteiger partial charge < -0.3 is 4.98 Å². The Labute approximate surface area is 72.2 Å². The third-order valence-corrected chi connectivity index (χ3v) is 1.89. The molecule has 0 bridgehead atoms. The summed E-state index contributed by atoms with van der Waals surface area (Å²) < 4.78 is 37.0. The van der Waals surface area contributed by atoms with E-state index < -0.39 is 11.9 Å². The first kappa shape index (κ1) is 8.16. The largest absolute Gasteiger partial charge is 0.431 e. The second-order valence-electron chi connectivity index (χ2n) is 2.75. The zero-order valence-corrected chi connectivity index (χ0v) is 6.52. The van der Waals surface area contributed by atoms with Crippen LogP contribution in [0.4, 0.5) is 13.2 Å². The average molecular weight is 185 g/mol. The van der Waals surface area contributed by atoms with E-state index in [-0.39, 0.29) is 5.39 Å². The van der Waals surface area contributed by atoms with Crippen molar-refractivity contribution in [1.82, 2.24) is 4.98 Å². The number of H-pyrrole nitrogens is 1. The topological polar surface area (TPSA) is 15.8 Å². The molecule has 0 aliphatic heterocycles. The second-order valence-corrected chi connectivity index (χ2v) is 2.75. The number of hydrogen-bond acceptors (Lipinski definition) is 0. The van der Waals surface area contributed by atoms with E-state index in [1.54, 1.807) is 18.2 Å². The lowest BCUT2D eigenvalue weighted by Gasteiger charge is -2.03. The van der Waals surface area contributed by atoms with Crippen molar-refractivity contribution in [2.75, 3.05) is 0 Å². The van der Waals surface area contributed by atoms with E-state index in [1.165, 1.54) is 12.3 Å². The molecule has 2 rings (SSSR count). The van der Waals surface area contributed by atoms with Crippen LogP contribution >= 0.6 is 0 Å². The van der Waals surface area contributed by atoms with Gasteiger partial charge in [-0.1, -0.05) is 24.3 Å². The first-order valence-electron chi connectivity index (χ1n) is 3.72. The molecule has 1 heterocycles. The first-order chi connectivity index (χ1) is 6.09. The Morgan fingerprint density at radius 3 is 2.46 bits per heavy atom. The molecule has 68 valence electrons. The molecule has 0 saturated carbocycles. The highest BCUT2D eigenvalue weighted by Gasteiger charge is 2.33. The molecule has 0 spiro atoms. The molecule has 0 amide bonds. The van der Waals surface area contributed by atoms with Gasteiger partial charge in [0.1, 0.15) is 5.69 Å². The number of halogens is 3. The molecule has 0 fully saturated rings. The molecule has 4 heteroatoms. The highest BCUT2D eigenvalue weighted by Crippen LogP contribution is 2.33. The molecular formula is C9H6F3N. The van der Waals surface area contributed by atoms with Crippen molar-refractivity contribution in [1.29, 1.82) is 0 Å². The Kier molecular flexibility index (Phi) is 1.58. The van der Waals surface area contributed by atoms with Crippen LogP contribution in [0.1, 0.15) is 5.69 Å². The molecule has 0 aliphatic rings. The third kappa shape index (κ3) is 1.28. The van der Waals surface area contributed by atoms with Crippen LogP contribution in [0.25, 0.3) is 10.8 Å². The average Bonchev–Trinajstić information content (AvgIpc) is 2.45. The molecule has 2 aromatic rings. The number of aromatic nitrogens is 1. The summed E-state index contributed by atoms with van der Waals surface area (Å²) in [5.41, 5.74) is -0.678. The molecule has 0 saturated heterocycles. The minimum Gasteiger partial charge on any atom is -0.357 e. The lowest BCUT2D eigenvalue weighted by Crippen LogP contribution is -2.05.